The molecule has 0 bridgehead atoms. The molecule has 5 amide bonds. The number of amides is 5. The van der Waals surface area contributed by atoms with E-state index in [4.69, 9.17) is 10.5 Å². The summed E-state index contributed by atoms with van der Waals surface area (Å²) < 4.78 is 5.16. The monoisotopic (exact) mass is 577 g/mol. The molecular formula is C29H47N5O7. The van der Waals surface area contributed by atoms with Gasteiger partial charge in [-0.1, -0.05) is 67.0 Å². The molecule has 2 fully saturated rings. The van der Waals surface area contributed by atoms with Gasteiger partial charge in [-0.2, -0.15) is 0 Å². The Labute approximate surface area is 242 Å². The Hall–Kier alpha value is -3.44. The molecule has 2 aliphatic rings. The second kappa shape index (κ2) is 14.0. The second-order valence-corrected chi connectivity index (χ2v) is 13.3. The summed E-state index contributed by atoms with van der Waals surface area (Å²) in [6, 6.07) is -4.62. The van der Waals surface area contributed by atoms with Crippen molar-refractivity contribution in [1.29, 1.82) is 0 Å². The lowest BCUT2D eigenvalue weighted by molar-refractivity contribution is -0.145. The summed E-state index contributed by atoms with van der Waals surface area (Å²) in [5.74, 6) is -3.35. The summed E-state index contributed by atoms with van der Waals surface area (Å²) in [5.41, 5.74) is 4.13. The zero-order valence-electron chi connectivity index (χ0n) is 25.2. The number of ether oxygens (including phenoxy) is 1. The fraction of sp³-hybridized carbons (Fsp3) is 0.724. The molecular weight excluding hydrogens is 530 g/mol. The third-order valence-corrected chi connectivity index (χ3v) is 7.12. The number of rotatable bonds is 13. The lowest BCUT2D eigenvalue weighted by Crippen LogP contribution is -2.61. The van der Waals surface area contributed by atoms with E-state index >= 15 is 0 Å². The molecule has 2 rings (SSSR count). The summed E-state index contributed by atoms with van der Waals surface area (Å²) >= 11 is 0. The summed E-state index contributed by atoms with van der Waals surface area (Å²) in [6.07, 6.45) is 4.79. The fourth-order valence-electron chi connectivity index (χ4n) is 4.85. The summed E-state index contributed by atoms with van der Waals surface area (Å²) in [5, 5.41) is 8.01. The van der Waals surface area contributed by atoms with Crippen molar-refractivity contribution in [2.75, 3.05) is 13.2 Å². The smallest absolute Gasteiger partial charge is 0.329 e. The van der Waals surface area contributed by atoms with Crippen LogP contribution in [0.5, 0.6) is 0 Å². The average molecular weight is 578 g/mol. The van der Waals surface area contributed by atoms with Crippen LogP contribution >= 0.6 is 0 Å². The third-order valence-electron chi connectivity index (χ3n) is 7.12. The molecule has 1 saturated carbocycles. The van der Waals surface area contributed by atoms with E-state index < -0.39 is 65.1 Å². The standard InChI is InChI=1S/C29H47N5O7/c1-8-14-41-26(39)19(16-28(2,3)4)32-27(40)33-22(29(5,6)7)25(38)34-13-9-10-20(34)24(37)31-18(15-17-11-12-17)21(35)23(30)36/h8,17-20,22H,1,9-16H2,2-7H3,(H2,30,36)(H,31,37)(H2,32,33,40)/t18?,19-,20?,22?/m0/s1. The summed E-state index contributed by atoms with van der Waals surface area (Å²) in [4.78, 5) is 78.1. The van der Waals surface area contributed by atoms with Crippen molar-refractivity contribution in [2.45, 2.75) is 104 Å². The molecule has 12 heteroatoms. The van der Waals surface area contributed by atoms with Crippen molar-refractivity contribution >= 4 is 35.5 Å². The van der Waals surface area contributed by atoms with Gasteiger partial charge < -0.3 is 31.3 Å². The molecule has 5 N–H and O–H groups in total. The van der Waals surface area contributed by atoms with E-state index in [0.29, 0.717) is 25.7 Å². The summed E-state index contributed by atoms with van der Waals surface area (Å²) in [6.45, 7) is 14.9. The number of urea groups is 1. The topological polar surface area (TPSA) is 177 Å². The Morgan fingerprint density at radius 3 is 2.12 bits per heavy atom. The van der Waals surface area contributed by atoms with Crippen molar-refractivity contribution in [2.24, 2.45) is 22.5 Å². The largest absolute Gasteiger partial charge is 0.460 e. The first-order valence-electron chi connectivity index (χ1n) is 14.2. The highest BCUT2D eigenvalue weighted by molar-refractivity contribution is 6.37. The maximum atomic E-state index is 13.8. The number of nitrogens with two attached hydrogens (primary N) is 1. The second-order valence-electron chi connectivity index (χ2n) is 13.3. The predicted molar refractivity (Wildman–Crippen MR) is 152 cm³/mol. The molecule has 12 nitrogen and oxygen atoms in total. The van der Waals surface area contributed by atoms with Crippen molar-refractivity contribution in [3.05, 3.63) is 12.7 Å². The highest BCUT2D eigenvalue weighted by Crippen LogP contribution is 2.34. The lowest BCUT2D eigenvalue weighted by atomic mass is 9.85. The van der Waals surface area contributed by atoms with Gasteiger partial charge in [-0.25, -0.2) is 9.59 Å². The summed E-state index contributed by atoms with van der Waals surface area (Å²) in [7, 11) is 0. The number of Topliss-reactive ketones (excluding diaryl/α,β-unsaturated/α-hetero) is 1. The number of carbonyl (C=O) groups is 6. The SMILES string of the molecule is C=CCOC(=O)[C@H](CC(C)(C)C)NC(=O)NC(C(=O)N1CCCC1C(=O)NC(CC1CC1)C(=O)C(N)=O)C(C)(C)C. The van der Waals surface area contributed by atoms with E-state index in [0.717, 1.165) is 12.8 Å². The molecule has 1 saturated heterocycles. The number of ketones is 1. The van der Waals surface area contributed by atoms with Gasteiger partial charge in [0.15, 0.2) is 0 Å². The molecule has 0 aromatic heterocycles. The number of nitrogens with one attached hydrogen (secondary N) is 3. The quantitative estimate of drug-likeness (QED) is 0.146. The number of hydrogen-bond donors (Lipinski definition) is 4. The van der Waals surface area contributed by atoms with Crippen LogP contribution in [0.4, 0.5) is 4.79 Å². The molecule has 0 aromatic carbocycles. The molecule has 1 aliphatic heterocycles. The molecule has 1 aliphatic carbocycles. The highest BCUT2D eigenvalue weighted by atomic mass is 16.5. The minimum atomic E-state index is -1.11. The zero-order valence-corrected chi connectivity index (χ0v) is 25.2. The number of likely N-dealkylation sites (tertiary alicyclic amines) is 1. The van der Waals surface area contributed by atoms with Crippen LogP contribution in [-0.4, -0.2) is 77.7 Å². The number of carbonyl (C=O) groups excluding carboxylic acids is 6. The number of esters is 1. The van der Waals surface area contributed by atoms with Gasteiger partial charge in [-0.15, -0.1) is 0 Å². The first kappa shape index (κ1) is 33.8. The maximum Gasteiger partial charge on any atom is 0.329 e. The van der Waals surface area contributed by atoms with E-state index in [1.807, 2.05) is 20.8 Å². The maximum absolute atomic E-state index is 13.8. The number of hydrogen-bond acceptors (Lipinski definition) is 7. The van der Waals surface area contributed by atoms with Crippen LogP contribution in [0.15, 0.2) is 12.7 Å². The van der Waals surface area contributed by atoms with Crippen LogP contribution in [0.25, 0.3) is 0 Å². The molecule has 4 atom stereocenters. The molecule has 0 spiro atoms. The van der Waals surface area contributed by atoms with Crippen molar-refractivity contribution in [3.63, 3.8) is 0 Å². The van der Waals surface area contributed by atoms with Gasteiger partial charge in [-0.3, -0.25) is 19.2 Å². The molecule has 230 valence electrons. The molecule has 1 heterocycles. The van der Waals surface area contributed by atoms with Crippen molar-refractivity contribution < 1.29 is 33.5 Å². The van der Waals surface area contributed by atoms with Crippen LogP contribution in [-0.2, 0) is 28.7 Å². The van der Waals surface area contributed by atoms with Gasteiger partial charge >= 0.3 is 12.0 Å². The molecule has 0 aromatic rings. The number of nitrogens with zero attached hydrogens (tertiary/aromatic N) is 1. The Bertz CT molecular complexity index is 1030. The van der Waals surface area contributed by atoms with E-state index in [1.165, 1.54) is 11.0 Å². The molecule has 3 unspecified atom stereocenters. The van der Waals surface area contributed by atoms with Gasteiger partial charge in [0.2, 0.25) is 17.6 Å². The van der Waals surface area contributed by atoms with Crippen LogP contribution in [0.3, 0.4) is 0 Å². The van der Waals surface area contributed by atoms with Crippen molar-refractivity contribution in [3.8, 4) is 0 Å². The fourth-order valence-corrected chi connectivity index (χ4v) is 4.85. The minimum Gasteiger partial charge on any atom is -0.460 e. The predicted octanol–water partition coefficient (Wildman–Crippen LogP) is 1.56. The highest BCUT2D eigenvalue weighted by Gasteiger charge is 2.43. The number of primary amides is 1. The van der Waals surface area contributed by atoms with E-state index in [2.05, 4.69) is 22.5 Å². The van der Waals surface area contributed by atoms with Crippen LogP contribution in [0.2, 0.25) is 0 Å². The molecule has 41 heavy (non-hydrogen) atoms. The van der Waals surface area contributed by atoms with Crippen LogP contribution in [0, 0.1) is 16.7 Å². The van der Waals surface area contributed by atoms with E-state index in [1.54, 1.807) is 20.8 Å². The van der Waals surface area contributed by atoms with Gasteiger partial charge in [-0.05, 0) is 42.4 Å². The Morgan fingerprint density at radius 1 is 0.976 bits per heavy atom. The van der Waals surface area contributed by atoms with Gasteiger partial charge in [0.25, 0.3) is 5.91 Å². The van der Waals surface area contributed by atoms with E-state index in [-0.39, 0.29) is 24.5 Å². The van der Waals surface area contributed by atoms with Gasteiger partial charge in [0.05, 0.1) is 6.04 Å². The van der Waals surface area contributed by atoms with Gasteiger partial charge in [0.1, 0.15) is 24.7 Å². The molecule has 0 radical (unpaired) electrons. The van der Waals surface area contributed by atoms with E-state index in [9.17, 15) is 28.8 Å². The average Bonchev–Trinajstić information content (AvgIpc) is 3.53. The Morgan fingerprint density at radius 2 is 1.61 bits per heavy atom. The lowest BCUT2D eigenvalue weighted by Gasteiger charge is -2.36. The first-order valence-corrected chi connectivity index (χ1v) is 14.2. The Balaban J connectivity index is 2.17. The van der Waals surface area contributed by atoms with Crippen LogP contribution < -0.4 is 21.7 Å². The Kier molecular flexibility index (Phi) is 11.5. The van der Waals surface area contributed by atoms with Crippen LogP contribution in [0.1, 0.15) is 80.1 Å². The first-order chi connectivity index (χ1) is 18.9. The van der Waals surface area contributed by atoms with Crippen molar-refractivity contribution in [1.82, 2.24) is 20.9 Å². The normalized spacial score (nSPS) is 19.4. The van der Waals surface area contributed by atoms with Gasteiger partial charge in [0, 0.05) is 6.54 Å². The minimum absolute atomic E-state index is 0.00313. The zero-order chi connectivity index (χ0) is 31.1. The third kappa shape index (κ3) is 10.5.